The SMILES string of the molecule is C[N+](CCO)(CCO)CCN(CCC#N)c1ccccc1.[Cl-]. The molecule has 0 aliphatic heterocycles. The van der Waals surface area contributed by atoms with Gasteiger partial charge in [-0.05, 0) is 12.1 Å². The highest BCUT2D eigenvalue weighted by Gasteiger charge is 2.21. The number of aliphatic hydroxyl groups is 2. The van der Waals surface area contributed by atoms with Gasteiger partial charge >= 0.3 is 0 Å². The second kappa shape index (κ2) is 11.3. The van der Waals surface area contributed by atoms with E-state index < -0.39 is 0 Å². The van der Waals surface area contributed by atoms with Crippen LogP contribution >= 0.6 is 0 Å². The number of para-hydroxylation sites is 1. The summed E-state index contributed by atoms with van der Waals surface area (Å²) >= 11 is 0. The average molecular weight is 328 g/mol. The van der Waals surface area contributed by atoms with Crippen molar-refractivity contribution in [3.63, 3.8) is 0 Å². The number of hydrogen-bond donors (Lipinski definition) is 2. The maximum atomic E-state index is 9.20. The first-order valence-corrected chi connectivity index (χ1v) is 7.37. The number of nitrogens with zero attached hydrogens (tertiary/aromatic N) is 3. The Labute approximate surface area is 139 Å². The first-order valence-electron chi connectivity index (χ1n) is 7.37. The molecule has 1 rings (SSSR count). The number of halogens is 1. The molecule has 0 bridgehead atoms. The fraction of sp³-hybridized carbons (Fsp3) is 0.562. The van der Waals surface area contributed by atoms with Crippen LogP contribution in [0.15, 0.2) is 30.3 Å². The monoisotopic (exact) mass is 327 g/mol. The number of anilines is 1. The molecule has 0 amide bonds. The molecular formula is C16H26ClN3O2. The predicted octanol–water partition coefficient (Wildman–Crippen LogP) is -2.16. The molecule has 5 nitrogen and oxygen atoms in total. The van der Waals surface area contributed by atoms with Crippen LogP contribution in [0.2, 0.25) is 0 Å². The Morgan fingerprint density at radius 2 is 1.64 bits per heavy atom. The Hall–Kier alpha value is -1.32. The normalized spacial score (nSPS) is 10.6. The predicted molar refractivity (Wildman–Crippen MR) is 83.8 cm³/mol. The van der Waals surface area contributed by atoms with Crippen LogP contribution in [0, 0.1) is 11.3 Å². The lowest BCUT2D eigenvalue weighted by atomic mass is 10.2. The molecule has 22 heavy (non-hydrogen) atoms. The van der Waals surface area contributed by atoms with Gasteiger partial charge in [0.1, 0.15) is 13.1 Å². The van der Waals surface area contributed by atoms with E-state index in [1.54, 1.807) is 0 Å². The maximum absolute atomic E-state index is 9.20. The van der Waals surface area contributed by atoms with Gasteiger partial charge in [-0.3, -0.25) is 0 Å². The summed E-state index contributed by atoms with van der Waals surface area (Å²) < 4.78 is 0.628. The molecule has 0 atom stereocenters. The summed E-state index contributed by atoms with van der Waals surface area (Å²) in [4.78, 5) is 2.19. The van der Waals surface area contributed by atoms with E-state index in [2.05, 4.69) is 11.0 Å². The fourth-order valence-electron chi connectivity index (χ4n) is 2.37. The minimum atomic E-state index is 0. The quantitative estimate of drug-likeness (QED) is 0.481. The Morgan fingerprint density at radius 3 is 2.14 bits per heavy atom. The van der Waals surface area contributed by atoms with Crippen molar-refractivity contribution in [3.05, 3.63) is 30.3 Å². The molecule has 0 saturated heterocycles. The lowest BCUT2D eigenvalue weighted by Crippen LogP contribution is -3.00. The molecule has 0 fully saturated rings. The van der Waals surface area contributed by atoms with Gasteiger partial charge in [0, 0.05) is 12.2 Å². The van der Waals surface area contributed by atoms with Crippen LogP contribution in [0.25, 0.3) is 0 Å². The number of nitriles is 1. The average Bonchev–Trinajstić information content (AvgIpc) is 2.49. The van der Waals surface area contributed by atoms with Gasteiger partial charge in [0.15, 0.2) is 0 Å². The van der Waals surface area contributed by atoms with Crippen LogP contribution in [-0.2, 0) is 0 Å². The van der Waals surface area contributed by atoms with E-state index >= 15 is 0 Å². The van der Waals surface area contributed by atoms with E-state index in [0.717, 1.165) is 18.8 Å². The van der Waals surface area contributed by atoms with Gasteiger partial charge in [0.05, 0.1) is 45.8 Å². The van der Waals surface area contributed by atoms with Crippen LogP contribution in [0.5, 0.6) is 0 Å². The highest BCUT2D eigenvalue weighted by Crippen LogP contribution is 2.14. The smallest absolute Gasteiger partial charge is 0.102 e. The Balaban J connectivity index is 0.00000441. The third kappa shape index (κ3) is 7.10. The van der Waals surface area contributed by atoms with Crippen molar-refractivity contribution in [3.8, 4) is 6.07 Å². The van der Waals surface area contributed by atoms with Crippen molar-refractivity contribution in [2.45, 2.75) is 6.42 Å². The Morgan fingerprint density at radius 1 is 1.05 bits per heavy atom. The van der Waals surface area contributed by atoms with Crippen molar-refractivity contribution in [1.82, 2.24) is 0 Å². The summed E-state index contributed by atoms with van der Waals surface area (Å²) in [5.74, 6) is 0. The van der Waals surface area contributed by atoms with Gasteiger partial charge in [-0.25, -0.2) is 0 Å². The second-order valence-electron chi connectivity index (χ2n) is 5.47. The summed E-state index contributed by atoms with van der Waals surface area (Å²) in [6.07, 6.45) is 0.485. The molecule has 0 aliphatic rings. The first kappa shape index (κ1) is 20.7. The molecule has 0 radical (unpaired) electrons. The van der Waals surface area contributed by atoms with E-state index in [1.165, 1.54) is 0 Å². The van der Waals surface area contributed by atoms with Gasteiger partial charge in [0.2, 0.25) is 0 Å². The van der Waals surface area contributed by atoms with Gasteiger partial charge in [-0.2, -0.15) is 5.26 Å². The summed E-state index contributed by atoms with van der Waals surface area (Å²) in [6, 6.07) is 12.2. The molecule has 1 aromatic carbocycles. The zero-order chi connectivity index (χ0) is 15.6. The lowest BCUT2D eigenvalue weighted by molar-refractivity contribution is -0.908. The first-order chi connectivity index (χ1) is 10.1. The molecule has 0 aromatic heterocycles. The topological polar surface area (TPSA) is 67.5 Å². The van der Waals surface area contributed by atoms with Gasteiger partial charge in [-0.1, -0.05) is 18.2 Å². The van der Waals surface area contributed by atoms with Crippen molar-refractivity contribution in [2.24, 2.45) is 0 Å². The van der Waals surface area contributed by atoms with Crippen LogP contribution in [-0.4, -0.2) is 67.7 Å². The maximum Gasteiger partial charge on any atom is 0.102 e. The molecule has 124 valence electrons. The van der Waals surface area contributed by atoms with E-state index in [0.29, 0.717) is 30.5 Å². The molecular weight excluding hydrogens is 302 g/mol. The van der Waals surface area contributed by atoms with Crippen LogP contribution in [0.3, 0.4) is 0 Å². The van der Waals surface area contributed by atoms with Crippen molar-refractivity contribution in [1.29, 1.82) is 5.26 Å². The summed E-state index contributed by atoms with van der Waals surface area (Å²) in [5.41, 5.74) is 1.10. The molecule has 0 heterocycles. The van der Waals surface area contributed by atoms with E-state index in [-0.39, 0.29) is 25.6 Å². The third-order valence-electron chi connectivity index (χ3n) is 3.80. The summed E-state index contributed by atoms with van der Waals surface area (Å²) in [5, 5.41) is 27.2. The zero-order valence-electron chi connectivity index (χ0n) is 13.2. The minimum Gasteiger partial charge on any atom is -1.00 e. The van der Waals surface area contributed by atoms with E-state index in [1.807, 2.05) is 37.4 Å². The molecule has 2 N–H and O–H groups in total. The molecule has 0 unspecified atom stereocenters. The van der Waals surface area contributed by atoms with Crippen molar-refractivity contribution in [2.75, 3.05) is 57.9 Å². The lowest BCUT2D eigenvalue weighted by Gasteiger charge is -2.36. The number of benzene rings is 1. The minimum absolute atomic E-state index is 0. The number of quaternary nitrogens is 1. The fourth-order valence-corrected chi connectivity index (χ4v) is 2.37. The molecule has 0 saturated carbocycles. The largest absolute Gasteiger partial charge is 1.00 e. The van der Waals surface area contributed by atoms with Crippen molar-refractivity contribution >= 4 is 5.69 Å². The van der Waals surface area contributed by atoms with E-state index in [4.69, 9.17) is 5.26 Å². The summed E-state index contributed by atoms with van der Waals surface area (Å²) in [6.45, 7) is 3.78. The number of hydrogen-bond acceptors (Lipinski definition) is 4. The zero-order valence-corrected chi connectivity index (χ0v) is 13.9. The second-order valence-corrected chi connectivity index (χ2v) is 5.47. The molecule has 0 spiro atoms. The molecule has 6 heteroatoms. The highest BCUT2D eigenvalue weighted by molar-refractivity contribution is 5.45. The Kier molecular flexibility index (Phi) is 10.6. The highest BCUT2D eigenvalue weighted by atomic mass is 35.5. The Bertz CT molecular complexity index is 431. The van der Waals surface area contributed by atoms with E-state index in [9.17, 15) is 10.2 Å². The molecule has 0 aliphatic carbocycles. The van der Waals surface area contributed by atoms with Gasteiger partial charge in [-0.15, -0.1) is 0 Å². The van der Waals surface area contributed by atoms with Crippen LogP contribution < -0.4 is 17.3 Å². The number of rotatable bonds is 10. The number of aliphatic hydroxyl groups excluding tert-OH is 2. The van der Waals surface area contributed by atoms with Gasteiger partial charge in [0.25, 0.3) is 0 Å². The van der Waals surface area contributed by atoms with Crippen LogP contribution in [0.4, 0.5) is 5.69 Å². The third-order valence-corrected chi connectivity index (χ3v) is 3.80. The number of likely N-dealkylation sites (N-methyl/N-ethyl adjacent to an activating group) is 1. The standard InChI is InChI=1S/C16H26N3O2.ClH/c1-19(12-14-20,13-15-21)11-10-18(9-5-8-17)16-6-3-2-4-7-16;/h2-4,6-7,20-21H,5,9-15H2,1H3;1H/q+1;/p-1. The van der Waals surface area contributed by atoms with Crippen molar-refractivity contribution < 1.29 is 27.1 Å². The molecule has 1 aromatic rings. The van der Waals surface area contributed by atoms with Gasteiger partial charge < -0.3 is 32.0 Å². The summed E-state index contributed by atoms with van der Waals surface area (Å²) in [7, 11) is 2.04. The van der Waals surface area contributed by atoms with Crippen LogP contribution in [0.1, 0.15) is 6.42 Å².